The Morgan fingerprint density at radius 3 is 2.71 bits per heavy atom. The van der Waals surface area contributed by atoms with Gasteiger partial charge in [0.15, 0.2) is 0 Å². The van der Waals surface area contributed by atoms with Crippen molar-refractivity contribution in [3.8, 4) is 17.0 Å². The first-order valence-electron chi connectivity index (χ1n) is 6.71. The minimum Gasteiger partial charge on any atom is -0.496 e. The van der Waals surface area contributed by atoms with Gasteiger partial charge < -0.3 is 9.72 Å². The Morgan fingerprint density at radius 2 is 1.90 bits per heavy atom. The van der Waals surface area contributed by atoms with Crippen LogP contribution in [0.3, 0.4) is 0 Å². The van der Waals surface area contributed by atoms with Gasteiger partial charge in [-0.25, -0.2) is 0 Å². The van der Waals surface area contributed by atoms with Crippen LogP contribution in [0.5, 0.6) is 5.75 Å². The Bertz CT molecular complexity index is 929. The minimum atomic E-state index is 0.787. The highest BCUT2D eigenvalue weighted by atomic mass is 16.5. The zero-order chi connectivity index (χ0) is 14.2. The summed E-state index contributed by atoms with van der Waals surface area (Å²) in [5, 5.41) is 2.35. The largest absolute Gasteiger partial charge is 0.496 e. The fourth-order valence-electron chi connectivity index (χ4n) is 2.69. The second-order valence-electron chi connectivity index (χ2n) is 4.86. The summed E-state index contributed by atoms with van der Waals surface area (Å²) in [6, 6.07) is 12.4. The van der Waals surface area contributed by atoms with E-state index in [0.29, 0.717) is 0 Å². The number of para-hydroxylation sites is 1. The SMILES string of the molecule is COc1cc2[nH]c3ccccc3c2cc1-c1cnccn1. The Morgan fingerprint density at radius 1 is 1.00 bits per heavy atom. The van der Waals surface area contributed by atoms with E-state index in [9.17, 15) is 0 Å². The monoisotopic (exact) mass is 275 g/mol. The molecule has 0 aliphatic heterocycles. The molecule has 4 rings (SSSR count). The third-order valence-electron chi connectivity index (χ3n) is 3.67. The lowest BCUT2D eigenvalue weighted by atomic mass is 10.1. The standard InChI is InChI=1S/C17H13N3O/c1-21-17-9-15-12(11-4-2-3-5-14(11)20-15)8-13(17)16-10-18-6-7-19-16/h2-10,20H,1H3. The Kier molecular flexibility index (Phi) is 2.60. The van der Waals surface area contributed by atoms with Gasteiger partial charge in [-0.1, -0.05) is 18.2 Å². The summed E-state index contributed by atoms with van der Waals surface area (Å²) in [4.78, 5) is 11.9. The van der Waals surface area contributed by atoms with Gasteiger partial charge in [0.25, 0.3) is 0 Å². The molecule has 21 heavy (non-hydrogen) atoms. The number of rotatable bonds is 2. The van der Waals surface area contributed by atoms with E-state index in [1.54, 1.807) is 25.7 Å². The summed E-state index contributed by atoms with van der Waals surface area (Å²) < 4.78 is 5.52. The fourth-order valence-corrected chi connectivity index (χ4v) is 2.69. The van der Waals surface area contributed by atoms with Crippen molar-refractivity contribution in [2.45, 2.75) is 0 Å². The molecule has 0 spiro atoms. The van der Waals surface area contributed by atoms with E-state index in [4.69, 9.17) is 4.74 Å². The molecule has 4 nitrogen and oxygen atoms in total. The molecule has 1 N–H and O–H groups in total. The smallest absolute Gasteiger partial charge is 0.130 e. The van der Waals surface area contributed by atoms with E-state index in [2.05, 4.69) is 33.2 Å². The first kappa shape index (κ1) is 11.9. The van der Waals surface area contributed by atoms with Crippen LogP contribution in [0.2, 0.25) is 0 Å². The average Bonchev–Trinajstić information content (AvgIpc) is 2.92. The Labute approximate surface area is 121 Å². The van der Waals surface area contributed by atoms with Gasteiger partial charge >= 0.3 is 0 Å². The summed E-state index contributed by atoms with van der Waals surface area (Å²) in [6.07, 6.45) is 5.10. The van der Waals surface area contributed by atoms with E-state index >= 15 is 0 Å². The van der Waals surface area contributed by atoms with Crippen LogP contribution in [0.15, 0.2) is 55.0 Å². The maximum atomic E-state index is 5.52. The van der Waals surface area contributed by atoms with Gasteiger partial charge in [-0.2, -0.15) is 0 Å². The first-order chi connectivity index (χ1) is 10.4. The second-order valence-corrected chi connectivity index (χ2v) is 4.86. The Balaban J connectivity index is 2.08. The zero-order valence-electron chi connectivity index (χ0n) is 11.5. The summed E-state index contributed by atoms with van der Waals surface area (Å²) in [5.41, 5.74) is 3.93. The molecule has 2 aromatic heterocycles. The number of fused-ring (bicyclic) bond motifs is 3. The van der Waals surface area contributed by atoms with Crippen LogP contribution in [0.4, 0.5) is 0 Å². The molecule has 4 aromatic rings. The molecule has 0 atom stereocenters. The van der Waals surface area contributed by atoms with Crippen molar-refractivity contribution in [3.05, 3.63) is 55.0 Å². The summed E-state index contributed by atoms with van der Waals surface area (Å²) >= 11 is 0. The lowest BCUT2D eigenvalue weighted by Crippen LogP contribution is -1.90. The predicted molar refractivity (Wildman–Crippen MR) is 83.4 cm³/mol. The number of H-pyrrole nitrogens is 1. The average molecular weight is 275 g/mol. The number of hydrogen-bond acceptors (Lipinski definition) is 3. The van der Waals surface area contributed by atoms with Crippen molar-refractivity contribution in [1.29, 1.82) is 0 Å². The molecule has 0 unspecified atom stereocenters. The molecule has 2 heterocycles. The number of ether oxygens (including phenoxy) is 1. The van der Waals surface area contributed by atoms with Crippen molar-refractivity contribution in [1.82, 2.24) is 15.0 Å². The molecule has 0 amide bonds. The maximum absolute atomic E-state index is 5.52. The van der Waals surface area contributed by atoms with Crippen molar-refractivity contribution in [2.75, 3.05) is 7.11 Å². The van der Waals surface area contributed by atoms with Gasteiger partial charge in [-0.05, 0) is 12.1 Å². The number of aromatic amines is 1. The highest BCUT2D eigenvalue weighted by Gasteiger charge is 2.12. The number of nitrogens with zero attached hydrogens (tertiary/aromatic N) is 2. The molecule has 0 saturated carbocycles. The summed E-state index contributed by atoms with van der Waals surface area (Å²) in [5.74, 6) is 0.787. The predicted octanol–water partition coefficient (Wildman–Crippen LogP) is 3.79. The Hall–Kier alpha value is -2.88. The molecule has 4 heteroatoms. The van der Waals surface area contributed by atoms with E-state index in [0.717, 1.165) is 33.4 Å². The van der Waals surface area contributed by atoms with E-state index in [-0.39, 0.29) is 0 Å². The van der Waals surface area contributed by atoms with Crippen molar-refractivity contribution < 1.29 is 4.74 Å². The molecule has 0 aliphatic rings. The van der Waals surface area contributed by atoms with Gasteiger partial charge in [0.2, 0.25) is 0 Å². The van der Waals surface area contributed by atoms with Crippen LogP contribution in [0.25, 0.3) is 33.1 Å². The maximum Gasteiger partial charge on any atom is 0.130 e. The molecule has 0 aliphatic carbocycles. The summed E-state index contributed by atoms with van der Waals surface area (Å²) in [6.45, 7) is 0. The van der Waals surface area contributed by atoms with Gasteiger partial charge in [-0.3, -0.25) is 9.97 Å². The third kappa shape index (κ3) is 1.84. The van der Waals surface area contributed by atoms with Crippen LogP contribution in [0.1, 0.15) is 0 Å². The van der Waals surface area contributed by atoms with Crippen LogP contribution in [0, 0.1) is 0 Å². The van der Waals surface area contributed by atoms with Crippen LogP contribution < -0.4 is 4.74 Å². The highest BCUT2D eigenvalue weighted by Crippen LogP contribution is 2.35. The lowest BCUT2D eigenvalue weighted by molar-refractivity contribution is 0.417. The van der Waals surface area contributed by atoms with E-state index in [1.165, 1.54) is 5.39 Å². The molecule has 0 radical (unpaired) electrons. The van der Waals surface area contributed by atoms with Crippen LogP contribution >= 0.6 is 0 Å². The van der Waals surface area contributed by atoms with Crippen molar-refractivity contribution >= 4 is 21.8 Å². The van der Waals surface area contributed by atoms with Gasteiger partial charge in [0.05, 0.1) is 24.5 Å². The molecule has 0 fully saturated rings. The quantitative estimate of drug-likeness (QED) is 0.605. The fraction of sp³-hybridized carbons (Fsp3) is 0.0588. The summed E-state index contributed by atoms with van der Waals surface area (Å²) in [7, 11) is 1.67. The second kappa shape index (κ2) is 4.59. The van der Waals surface area contributed by atoms with Crippen molar-refractivity contribution in [2.24, 2.45) is 0 Å². The molecule has 0 bridgehead atoms. The zero-order valence-corrected chi connectivity index (χ0v) is 11.5. The van der Waals surface area contributed by atoms with Crippen LogP contribution in [-0.4, -0.2) is 22.1 Å². The van der Waals surface area contributed by atoms with Gasteiger partial charge in [0.1, 0.15) is 5.75 Å². The third-order valence-corrected chi connectivity index (χ3v) is 3.67. The minimum absolute atomic E-state index is 0.787. The molecular formula is C17H13N3O. The van der Waals surface area contributed by atoms with Gasteiger partial charge in [-0.15, -0.1) is 0 Å². The molecule has 0 saturated heterocycles. The normalized spacial score (nSPS) is 11.1. The van der Waals surface area contributed by atoms with E-state index < -0.39 is 0 Å². The first-order valence-corrected chi connectivity index (χ1v) is 6.71. The van der Waals surface area contributed by atoms with Crippen LogP contribution in [-0.2, 0) is 0 Å². The number of aromatic nitrogens is 3. The van der Waals surface area contributed by atoms with E-state index in [1.807, 2.05) is 18.2 Å². The number of benzene rings is 2. The van der Waals surface area contributed by atoms with Gasteiger partial charge in [0, 0.05) is 40.3 Å². The van der Waals surface area contributed by atoms with Crippen molar-refractivity contribution in [3.63, 3.8) is 0 Å². The molecule has 102 valence electrons. The number of methoxy groups -OCH3 is 1. The number of nitrogens with one attached hydrogen (secondary N) is 1. The lowest BCUT2D eigenvalue weighted by Gasteiger charge is -2.08. The highest BCUT2D eigenvalue weighted by molar-refractivity contribution is 6.09. The number of hydrogen-bond donors (Lipinski definition) is 1. The molecule has 2 aromatic carbocycles. The topological polar surface area (TPSA) is 50.8 Å². The molecular weight excluding hydrogens is 262 g/mol.